The minimum absolute atomic E-state index is 0.104. The number of carboxylic acids is 2. The van der Waals surface area contributed by atoms with Crippen molar-refractivity contribution in [3.8, 4) is 0 Å². The summed E-state index contributed by atoms with van der Waals surface area (Å²) in [4.78, 5) is 37.2. The molecule has 2 atom stereocenters. The summed E-state index contributed by atoms with van der Waals surface area (Å²) in [7, 11) is 0. The largest absolute Gasteiger partial charge is 0.481 e. The number of aliphatic carboxylic acids is 2. The number of amides is 1. The molecule has 0 bridgehead atoms. The standard InChI is InChI=1S/C18H22BrNO6/c1-17(2,3)26-16(25)20-10-18(15(23)24,9-13(20)14(21)22)8-11-6-4-5-7-12(11)19/h4-7,13H,8-10H2,1-3H3,(H,21,22)(H,23,24)/t13-,18?/m0/s1. The molecule has 1 fully saturated rings. The fourth-order valence-electron chi connectivity index (χ4n) is 3.08. The second-order valence-electron chi connectivity index (χ2n) is 7.52. The number of nitrogens with zero attached hydrogens (tertiary/aromatic N) is 1. The molecule has 0 radical (unpaired) electrons. The van der Waals surface area contributed by atoms with E-state index in [2.05, 4.69) is 15.9 Å². The van der Waals surface area contributed by atoms with Crippen LogP contribution in [-0.2, 0) is 20.7 Å². The van der Waals surface area contributed by atoms with Gasteiger partial charge in [-0.1, -0.05) is 34.1 Å². The lowest BCUT2D eigenvalue weighted by Crippen LogP contribution is -2.44. The molecule has 7 nitrogen and oxygen atoms in total. The number of carboxylic acid groups (broad SMARTS) is 2. The first-order valence-corrected chi connectivity index (χ1v) is 8.94. The minimum Gasteiger partial charge on any atom is -0.481 e. The summed E-state index contributed by atoms with van der Waals surface area (Å²) < 4.78 is 6.01. The van der Waals surface area contributed by atoms with Crippen LogP contribution < -0.4 is 0 Å². The van der Waals surface area contributed by atoms with E-state index in [1.54, 1.807) is 39.0 Å². The van der Waals surface area contributed by atoms with Gasteiger partial charge in [0.05, 0.1) is 5.41 Å². The first kappa shape index (κ1) is 20.2. The van der Waals surface area contributed by atoms with E-state index in [0.29, 0.717) is 0 Å². The molecule has 1 aromatic rings. The number of benzene rings is 1. The van der Waals surface area contributed by atoms with Gasteiger partial charge in [0, 0.05) is 11.0 Å². The van der Waals surface area contributed by atoms with Crippen molar-refractivity contribution in [3.05, 3.63) is 34.3 Å². The lowest BCUT2D eigenvalue weighted by molar-refractivity contribution is -0.148. The zero-order valence-electron chi connectivity index (χ0n) is 14.9. The first-order valence-electron chi connectivity index (χ1n) is 8.14. The van der Waals surface area contributed by atoms with Gasteiger partial charge in [-0.05, 0) is 45.2 Å². The number of carbonyl (C=O) groups excluding carboxylic acids is 1. The first-order chi connectivity index (χ1) is 11.9. The Bertz CT molecular complexity index is 729. The number of halogens is 1. The second kappa shape index (κ2) is 7.26. The van der Waals surface area contributed by atoms with Crippen LogP contribution in [0.5, 0.6) is 0 Å². The minimum atomic E-state index is -1.40. The monoisotopic (exact) mass is 427 g/mol. The van der Waals surface area contributed by atoms with Gasteiger partial charge in [0.15, 0.2) is 0 Å². The van der Waals surface area contributed by atoms with Crippen molar-refractivity contribution in [3.63, 3.8) is 0 Å². The molecule has 8 heteroatoms. The molecule has 142 valence electrons. The van der Waals surface area contributed by atoms with Crippen molar-refractivity contribution in [2.45, 2.75) is 45.3 Å². The molecule has 2 rings (SSSR count). The molecular weight excluding hydrogens is 406 g/mol. The van der Waals surface area contributed by atoms with Gasteiger partial charge in [-0.15, -0.1) is 0 Å². The maximum absolute atomic E-state index is 12.4. The summed E-state index contributed by atoms with van der Waals surface area (Å²) in [5.41, 5.74) is -1.47. The number of likely N-dealkylation sites (tertiary alicyclic amines) is 1. The highest BCUT2D eigenvalue weighted by Gasteiger charge is 2.54. The van der Waals surface area contributed by atoms with E-state index in [4.69, 9.17) is 4.74 Å². The van der Waals surface area contributed by atoms with Crippen LogP contribution in [0.3, 0.4) is 0 Å². The van der Waals surface area contributed by atoms with E-state index in [-0.39, 0.29) is 19.4 Å². The Balaban J connectivity index is 2.36. The van der Waals surface area contributed by atoms with Crippen LogP contribution in [0.15, 0.2) is 28.7 Å². The molecule has 0 aliphatic carbocycles. The molecule has 1 saturated heterocycles. The van der Waals surface area contributed by atoms with Crippen LogP contribution in [0.4, 0.5) is 4.79 Å². The Morgan fingerprint density at radius 1 is 1.27 bits per heavy atom. The quantitative estimate of drug-likeness (QED) is 0.764. The zero-order chi connectivity index (χ0) is 19.7. The van der Waals surface area contributed by atoms with Crippen LogP contribution >= 0.6 is 15.9 Å². The summed E-state index contributed by atoms with van der Waals surface area (Å²) in [5, 5.41) is 19.4. The van der Waals surface area contributed by atoms with E-state index in [9.17, 15) is 24.6 Å². The highest BCUT2D eigenvalue weighted by atomic mass is 79.9. The van der Waals surface area contributed by atoms with Crippen molar-refractivity contribution in [2.24, 2.45) is 5.41 Å². The van der Waals surface area contributed by atoms with Crippen LogP contribution in [0.2, 0.25) is 0 Å². The van der Waals surface area contributed by atoms with E-state index in [0.717, 1.165) is 14.9 Å². The zero-order valence-corrected chi connectivity index (χ0v) is 16.4. The molecule has 2 N–H and O–H groups in total. The van der Waals surface area contributed by atoms with Crippen molar-refractivity contribution < 1.29 is 29.3 Å². The summed E-state index contributed by atoms with van der Waals surface area (Å²) in [5.74, 6) is -2.38. The van der Waals surface area contributed by atoms with Crippen molar-refractivity contribution in [1.29, 1.82) is 0 Å². The average Bonchev–Trinajstić information content (AvgIpc) is 2.89. The van der Waals surface area contributed by atoms with E-state index >= 15 is 0 Å². The second-order valence-corrected chi connectivity index (χ2v) is 8.37. The Kier molecular flexibility index (Phi) is 5.65. The van der Waals surface area contributed by atoms with Gasteiger partial charge in [0.2, 0.25) is 0 Å². The van der Waals surface area contributed by atoms with Gasteiger partial charge in [-0.3, -0.25) is 9.69 Å². The molecule has 1 heterocycles. The molecule has 1 unspecified atom stereocenters. The molecule has 1 aromatic carbocycles. The van der Waals surface area contributed by atoms with Gasteiger partial charge in [0.1, 0.15) is 11.6 Å². The number of hydrogen-bond acceptors (Lipinski definition) is 4. The predicted octanol–water partition coefficient (Wildman–Crippen LogP) is 3.16. The molecule has 0 aromatic heterocycles. The third-order valence-corrected chi connectivity index (χ3v) is 5.06. The third-order valence-electron chi connectivity index (χ3n) is 4.29. The van der Waals surface area contributed by atoms with Gasteiger partial charge < -0.3 is 14.9 Å². The van der Waals surface area contributed by atoms with Crippen molar-refractivity contribution in [2.75, 3.05) is 6.54 Å². The number of hydrogen-bond donors (Lipinski definition) is 2. The smallest absolute Gasteiger partial charge is 0.411 e. The van der Waals surface area contributed by atoms with Gasteiger partial charge >= 0.3 is 18.0 Å². The number of carbonyl (C=O) groups is 3. The Morgan fingerprint density at radius 3 is 2.38 bits per heavy atom. The van der Waals surface area contributed by atoms with Crippen LogP contribution in [0.1, 0.15) is 32.8 Å². The number of rotatable bonds is 4. The van der Waals surface area contributed by atoms with Crippen LogP contribution in [0, 0.1) is 5.41 Å². The van der Waals surface area contributed by atoms with Crippen LogP contribution in [-0.4, -0.2) is 51.3 Å². The SMILES string of the molecule is CC(C)(C)OC(=O)N1CC(Cc2ccccc2Br)(C(=O)O)C[C@H]1C(=O)O. The van der Waals surface area contributed by atoms with Crippen molar-refractivity contribution in [1.82, 2.24) is 4.90 Å². The molecule has 1 aliphatic rings. The molecule has 26 heavy (non-hydrogen) atoms. The summed E-state index contributed by atoms with van der Waals surface area (Å²) in [6, 6.07) is 5.91. The van der Waals surface area contributed by atoms with Crippen LogP contribution in [0.25, 0.3) is 0 Å². The topological polar surface area (TPSA) is 104 Å². The third kappa shape index (κ3) is 4.35. The van der Waals surface area contributed by atoms with E-state index in [1.807, 2.05) is 6.07 Å². The molecule has 0 saturated carbocycles. The number of ether oxygens (including phenoxy) is 1. The summed E-state index contributed by atoms with van der Waals surface area (Å²) in [6.07, 6.45) is -0.898. The Hall–Kier alpha value is -2.09. The van der Waals surface area contributed by atoms with E-state index in [1.165, 1.54) is 0 Å². The highest BCUT2D eigenvalue weighted by Crippen LogP contribution is 2.40. The Labute approximate surface area is 160 Å². The molecule has 1 amide bonds. The lowest BCUT2D eigenvalue weighted by atomic mass is 9.79. The van der Waals surface area contributed by atoms with Gasteiger partial charge in [-0.2, -0.15) is 0 Å². The fourth-order valence-corrected chi connectivity index (χ4v) is 3.50. The lowest BCUT2D eigenvalue weighted by Gasteiger charge is -2.28. The molecular formula is C18H22BrNO6. The fraction of sp³-hybridized carbons (Fsp3) is 0.500. The highest BCUT2D eigenvalue weighted by molar-refractivity contribution is 9.10. The van der Waals surface area contributed by atoms with Gasteiger partial charge in [-0.25, -0.2) is 9.59 Å². The predicted molar refractivity (Wildman–Crippen MR) is 96.9 cm³/mol. The molecule has 0 spiro atoms. The Morgan fingerprint density at radius 2 is 1.88 bits per heavy atom. The summed E-state index contributed by atoms with van der Waals surface area (Å²) in [6.45, 7) is 4.78. The van der Waals surface area contributed by atoms with Gasteiger partial charge in [0.25, 0.3) is 0 Å². The maximum Gasteiger partial charge on any atom is 0.411 e. The maximum atomic E-state index is 12.4. The van der Waals surface area contributed by atoms with E-state index < -0.39 is 35.1 Å². The average molecular weight is 428 g/mol. The van der Waals surface area contributed by atoms with Crippen molar-refractivity contribution >= 4 is 34.0 Å². The summed E-state index contributed by atoms with van der Waals surface area (Å²) >= 11 is 3.39. The normalized spacial score (nSPS) is 22.9. The molecule has 1 aliphatic heterocycles.